The minimum Gasteiger partial charge on any atom is -0.493 e. The Hall–Kier alpha value is -1.79. The molecule has 0 radical (unpaired) electrons. The molecule has 0 saturated carbocycles. The zero-order valence-electron chi connectivity index (χ0n) is 11.7. The van der Waals surface area contributed by atoms with Crippen LogP contribution in [0.15, 0.2) is 41.4 Å². The van der Waals surface area contributed by atoms with E-state index in [-0.39, 0.29) is 0 Å². The monoisotopic (exact) mass is 302 g/mol. The van der Waals surface area contributed by atoms with E-state index in [4.69, 9.17) is 4.74 Å². The number of rotatable bonds is 4. The van der Waals surface area contributed by atoms with E-state index < -0.39 is 7.25 Å². The molecule has 0 aromatic heterocycles. The number of allylic oxidation sites excluding steroid dienone is 1. The fourth-order valence-corrected chi connectivity index (χ4v) is 1.80. The second-order valence-corrected chi connectivity index (χ2v) is 4.28. The lowest BCUT2D eigenvalue weighted by molar-refractivity contribution is 0.298. The highest BCUT2D eigenvalue weighted by Crippen LogP contribution is 2.17. The lowest BCUT2D eigenvalue weighted by Gasteiger charge is -2.08. The molecule has 0 N–H and O–H groups in total. The van der Waals surface area contributed by atoms with E-state index in [1.165, 1.54) is 6.42 Å². The first kappa shape index (κ1) is 17.3. The number of halogens is 4. The van der Waals surface area contributed by atoms with E-state index in [9.17, 15) is 17.3 Å². The quantitative estimate of drug-likeness (QED) is 0.452. The van der Waals surface area contributed by atoms with Gasteiger partial charge in [-0.2, -0.15) is 0 Å². The molecule has 21 heavy (non-hydrogen) atoms. The molecular formula is C14H17BF4NO-. The Labute approximate surface area is 121 Å². The Kier molecular flexibility index (Phi) is 6.98. The molecule has 0 bridgehead atoms. The van der Waals surface area contributed by atoms with Crippen molar-refractivity contribution >= 4 is 18.7 Å². The van der Waals surface area contributed by atoms with Crippen LogP contribution in [0.2, 0.25) is 0 Å². The van der Waals surface area contributed by atoms with Gasteiger partial charge in [0.15, 0.2) is 0 Å². The Balaban J connectivity index is 0.000000383. The van der Waals surface area contributed by atoms with Gasteiger partial charge in [-0.1, -0.05) is 30.3 Å². The van der Waals surface area contributed by atoms with Crippen molar-refractivity contribution in [3.05, 3.63) is 42.0 Å². The van der Waals surface area contributed by atoms with Crippen LogP contribution in [0.4, 0.5) is 17.3 Å². The number of benzene rings is 1. The van der Waals surface area contributed by atoms with Crippen molar-refractivity contribution in [1.29, 1.82) is 0 Å². The number of hydrogen-bond donors (Lipinski definition) is 0. The molecule has 1 heterocycles. The summed E-state index contributed by atoms with van der Waals surface area (Å²) in [6, 6.07) is 10.2. The van der Waals surface area contributed by atoms with Crippen molar-refractivity contribution in [1.82, 2.24) is 0 Å². The minimum atomic E-state index is -6.00. The van der Waals surface area contributed by atoms with Crippen LogP contribution in [0.5, 0.6) is 0 Å². The molecule has 0 saturated heterocycles. The third kappa shape index (κ3) is 8.17. The number of nitrogens with zero attached hydrogens (tertiary/aromatic N) is 1. The summed E-state index contributed by atoms with van der Waals surface area (Å²) in [6.45, 7) is 3.65. The van der Waals surface area contributed by atoms with Gasteiger partial charge < -0.3 is 22.0 Å². The molecule has 0 fully saturated rings. The van der Waals surface area contributed by atoms with Gasteiger partial charge in [0.2, 0.25) is 0 Å². The highest BCUT2D eigenvalue weighted by Gasteiger charge is 2.20. The predicted molar refractivity (Wildman–Crippen MR) is 77.8 cm³/mol. The van der Waals surface area contributed by atoms with Gasteiger partial charge in [-0.3, -0.25) is 4.99 Å². The summed E-state index contributed by atoms with van der Waals surface area (Å²) < 4.78 is 44.7. The molecule has 0 aliphatic carbocycles. The summed E-state index contributed by atoms with van der Waals surface area (Å²) >= 11 is 0. The average Bonchev–Trinajstić information content (AvgIpc) is 2.90. The SMILES string of the molecule is CCOC(=CC1=NCCC1)c1ccccc1.F[B-](F)(F)F. The number of aliphatic imine (C=N–C) groups is 1. The van der Waals surface area contributed by atoms with Gasteiger partial charge in [-0.25, -0.2) is 0 Å². The van der Waals surface area contributed by atoms with Crippen LogP contribution in [-0.2, 0) is 4.74 Å². The maximum atomic E-state index is 9.75. The van der Waals surface area contributed by atoms with E-state index >= 15 is 0 Å². The lowest BCUT2D eigenvalue weighted by Crippen LogP contribution is -2.02. The molecule has 1 aromatic carbocycles. The molecular weight excluding hydrogens is 285 g/mol. The summed E-state index contributed by atoms with van der Waals surface area (Å²) in [7, 11) is -6.00. The van der Waals surface area contributed by atoms with Crippen LogP contribution in [0, 0.1) is 0 Å². The van der Waals surface area contributed by atoms with Crippen LogP contribution in [0.1, 0.15) is 25.3 Å². The van der Waals surface area contributed by atoms with E-state index in [1.807, 2.05) is 25.1 Å². The first-order valence-corrected chi connectivity index (χ1v) is 6.70. The molecule has 0 amide bonds. The van der Waals surface area contributed by atoms with Crippen LogP contribution in [0.3, 0.4) is 0 Å². The van der Waals surface area contributed by atoms with Gasteiger partial charge in [-0.05, 0) is 19.8 Å². The molecule has 1 aromatic rings. The van der Waals surface area contributed by atoms with Gasteiger partial charge in [0.25, 0.3) is 0 Å². The maximum Gasteiger partial charge on any atom is 0.673 e. The minimum absolute atomic E-state index is 0.688. The topological polar surface area (TPSA) is 21.6 Å². The summed E-state index contributed by atoms with van der Waals surface area (Å²) in [6.07, 6.45) is 4.31. The molecule has 2 rings (SSSR count). The maximum absolute atomic E-state index is 9.75. The first-order chi connectivity index (χ1) is 9.90. The Bertz CT molecular complexity index is 479. The summed E-state index contributed by atoms with van der Waals surface area (Å²) in [5.41, 5.74) is 2.28. The van der Waals surface area contributed by atoms with Crippen LogP contribution >= 0.6 is 0 Å². The van der Waals surface area contributed by atoms with Crippen molar-refractivity contribution in [2.45, 2.75) is 19.8 Å². The molecule has 116 valence electrons. The van der Waals surface area contributed by atoms with Crippen LogP contribution in [0.25, 0.3) is 5.76 Å². The van der Waals surface area contributed by atoms with Crippen molar-refractivity contribution in [2.75, 3.05) is 13.2 Å². The van der Waals surface area contributed by atoms with Crippen LogP contribution < -0.4 is 0 Å². The molecule has 1 aliphatic heterocycles. The Morgan fingerprint density at radius 1 is 1.24 bits per heavy atom. The first-order valence-electron chi connectivity index (χ1n) is 6.70. The third-order valence-electron chi connectivity index (χ3n) is 2.56. The van der Waals surface area contributed by atoms with E-state index in [1.54, 1.807) is 0 Å². The van der Waals surface area contributed by atoms with E-state index in [2.05, 4.69) is 23.2 Å². The van der Waals surface area contributed by atoms with Crippen molar-refractivity contribution < 1.29 is 22.0 Å². The summed E-state index contributed by atoms with van der Waals surface area (Å²) in [5, 5.41) is 0. The predicted octanol–water partition coefficient (Wildman–Crippen LogP) is 4.60. The summed E-state index contributed by atoms with van der Waals surface area (Å²) in [5.74, 6) is 0.934. The number of hydrogen-bond acceptors (Lipinski definition) is 2. The Morgan fingerprint density at radius 3 is 2.33 bits per heavy atom. The molecule has 1 aliphatic rings. The Morgan fingerprint density at radius 2 is 1.86 bits per heavy atom. The van der Waals surface area contributed by atoms with Gasteiger partial charge >= 0.3 is 7.25 Å². The van der Waals surface area contributed by atoms with Gasteiger partial charge in [0, 0.05) is 23.9 Å². The average molecular weight is 302 g/mol. The van der Waals surface area contributed by atoms with Crippen molar-refractivity contribution in [3.8, 4) is 0 Å². The zero-order chi connectivity index (χ0) is 15.7. The van der Waals surface area contributed by atoms with Crippen molar-refractivity contribution in [3.63, 3.8) is 0 Å². The largest absolute Gasteiger partial charge is 0.673 e. The normalized spacial score (nSPS) is 15.1. The van der Waals surface area contributed by atoms with Crippen molar-refractivity contribution in [2.24, 2.45) is 4.99 Å². The van der Waals surface area contributed by atoms with E-state index in [0.29, 0.717) is 6.61 Å². The highest BCUT2D eigenvalue weighted by atomic mass is 19.5. The fraction of sp³-hybridized carbons (Fsp3) is 0.357. The highest BCUT2D eigenvalue weighted by molar-refractivity contribution is 6.50. The molecule has 2 nitrogen and oxygen atoms in total. The van der Waals surface area contributed by atoms with Crippen LogP contribution in [-0.4, -0.2) is 26.1 Å². The zero-order valence-corrected chi connectivity index (χ0v) is 11.7. The lowest BCUT2D eigenvalue weighted by atomic mass is 10.1. The summed E-state index contributed by atoms with van der Waals surface area (Å²) in [4.78, 5) is 4.44. The van der Waals surface area contributed by atoms with Gasteiger partial charge in [0.05, 0.1) is 6.61 Å². The molecule has 0 unspecified atom stereocenters. The third-order valence-corrected chi connectivity index (χ3v) is 2.56. The molecule has 0 spiro atoms. The molecule has 0 atom stereocenters. The second-order valence-electron chi connectivity index (χ2n) is 4.28. The number of ether oxygens (including phenoxy) is 1. The molecule has 7 heteroatoms. The van der Waals surface area contributed by atoms with Gasteiger partial charge in [-0.15, -0.1) is 0 Å². The van der Waals surface area contributed by atoms with Gasteiger partial charge in [0.1, 0.15) is 5.76 Å². The smallest absolute Gasteiger partial charge is 0.493 e. The second kappa shape index (κ2) is 8.49. The fourth-order valence-electron chi connectivity index (χ4n) is 1.80. The van der Waals surface area contributed by atoms with E-state index in [0.717, 1.165) is 30.0 Å². The standard InChI is InChI=1S/C14H17NO.BF4/c1-2-16-14(11-13-9-6-10-15-13)12-7-4-3-5-8-12;2-1(3,4)5/h3-5,7-8,11H,2,6,9-10H2,1H3;/q;-1.